The van der Waals surface area contributed by atoms with Gasteiger partial charge in [-0.05, 0) is 23.6 Å². The monoisotopic (exact) mass is 342 g/mol. The van der Waals surface area contributed by atoms with Gasteiger partial charge >= 0.3 is 5.76 Å². The molecular weight excluding hydrogens is 324 g/mol. The highest BCUT2D eigenvalue weighted by Crippen LogP contribution is 2.21. The average molecular weight is 342 g/mol. The molecule has 0 saturated carbocycles. The minimum atomic E-state index is -0.399. The van der Waals surface area contributed by atoms with E-state index in [2.05, 4.69) is 39.2 Å². The van der Waals surface area contributed by atoms with Crippen LogP contribution in [0.4, 0.5) is 5.69 Å². The van der Waals surface area contributed by atoms with Gasteiger partial charge in [-0.3, -0.25) is 4.90 Å². The third kappa shape index (κ3) is 3.13. The lowest BCUT2D eigenvalue weighted by Crippen LogP contribution is -2.47. The Hall–Kier alpha value is -2.38. The number of piperazine rings is 1. The van der Waals surface area contributed by atoms with Crippen LogP contribution in [0.15, 0.2) is 57.1 Å². The lowest BCUT2D eigenvalue weighted by Gasteiger charge is -2.35. The molecule has 1 aliphatic rings. The van der Waals surface area contributed by atoms with Crippen molar-refractivity contribution in [2.45, 2.75) is 6.67 Å². The second kappa shape index (κ2) is 6.62. The van der Waals surface area contributed by atoms with Gasteiger partial charge in [0.15, 0.2) is 0 Å². The Morgan fingerprint density at radius 3 is 2.54 bits per heavy atom. The third-order valence-corrected chi connectivity index (χ3v) is 5.02. The van der Waals surface area contributed by atoms with Gasteiger partial charge < -0.3 is 9.32 Å². The minimum Gasteiger partial charge on any atom is -0.387 e. The van der Waals surface area contributed by atoms with Crippen molar-refractivity contribution in [2.24, 2.45) is 0 Å². The second-order valence-electron chi connectivity index (χ2n) is 5.73. The number of rotatable bonds is 4. The Morgan fingerprint density at radius 1 is 1.04 bits per heavy atom. The molecule has 0 amide bonds. The van der Waals surface area contributed by atoms with Crippen molar-refractivity contribution in [3.63, 3.8) is 0 Å². The summed E-state index contributed by atoms with van der Waals surface area (Å²) in [7, 11) is 0. The van der Waals surface area contributed by atoms with Gasteiger partial charge in [0.05, 0.1) is 4.88 Å². The van der Waals surface area contributed by atoms with Crippen molar-refractivity contribution in [2.75, 3.05) is 31.1 Å². The van der Waals surface area contributed by atoms with Gasteiger partial charge in [0.25, 0.3) is 5.89 Å². The Balaban J connectivity index is 1.40. The number of benzene rings is 1. The van der Waals surface area contributed by atoms with E-state index in [9.17, 15) is 4.79 Å². The molecule has 0 N–H and O–H groups in total. The molecule has 2 aromatic heterocycles. The Bertz CT molecular complexity index is 833. The van der Waals surface area contributed by atoms with Gasteiger partial charge in [-0.15, -0.1) is 16.4 Å². The van der Waals surface area contributed by atoms with Crippen molar-refractivity contribution >= 4 is 17.0 Å². The van der Waals surface area contributed by atoms with Crippen LogP contribution in [0.3, 0.4) is 0 Å². The standard InChI is InChI=1S/C17H18N4O2S/c22-17-21(18-16(23-17)15-7-4-12-24-15)13-19-8-10-20(11-9-19)14-5-2-1-3-6-14/h1-7,12H,8-11,13H2. The van der Waals surface area contributed by atoms with E-state index in [4.69, 9.17) is 4.42 Å². The highest BCUT2D eigenvalue weighted by atomic mass is 32.1. The summed E-state index contributed by atoms with van der Waals surface area (Å²) < 4.78 is 6.67. The summed E-state index contributed by atoms with van der Waals surface area (Å²) in [5.74, 6) is 0.00168. The number of hydrogen-bond acceptors (Lipinski definition) is 6. The number of hydrogen-bond donors (Lipinski definition) is 0. The summed E-state index contributed by atoms with van der Waals surface area (Å²) in [6.45, 7) is 4.13. The smallest absolute Gasteiger partial charge is 0.387 e. The van der Waals surface area contributed by atoms with Gasteiger partial charge in [0.1, 0.15) is 6.67 Å². The molecule has 0 aliphatic carbocycles. The molecule has 124 valence electrons. The molecule has 0 unspecified atom stereocenters. The van der Waals surface area contributed by atoms with Gasteiger partial charge in [0.2, 0.25) is 0 Å². The molecule has 1 saturated heterocycles. The number of nitrogens with zero attached hydrogens (tertiary/aromatic N) is 4. The SMILES string of the molecule is O=c1oc(-c2cccs2)nn1CN1CCN(c2ccccc2)CC1. The first kappa shape index (κ1) is 15.2. The number of aromatic nitrogens is 2. The van der Waals surface area contributed by atoms with Gasteiger partial charge in [-0.1, -0.05) is 24.3 Å². The van der Waals surface area contributed by atoms with Crippen molar-refractivity contribution in [1.29, 1.82) is 0 Å². The van der Waals surface area contributed by atoms with Gasteiger partial charge in [0, 0.05) is 31.9 Å². The van der Waals surface area contributed by atoms with Crippen LogP contribution in [0.1, 0.15) is 0 Å². The molecule has 1 aliphatic heterocycles. The Kier molecular flexibility index (Phi) is 4.18. The molecule has 3 aromatic rings. The zero-order valence-electron chi connectivity index (χ0n) is 13.2. The van der Waals surface area contributed by atoms with E-state index in [-0.39, 0.29) is 0 Å². The predicted octanol–water partition coefficient (Wildman–Crippen LogP) is 2.34. The lowest BCUT2D eigenvalue weighted by atomic mass is 10.2. The number of para-hydroxylation sites is 1. The van der Waals surface area contributed by atoms with Crippen LogP contribution >= 0.6 is 11.3 Å². The maximum Gasteiger partial charge on any atom is 0.438 e. The van der Waals surface area contributed by atoms with Crippen molar-refractivity contribution < 1.29 is 4.42 Å². The Labute approximate surface area is 143 Å². The van der Waals surface area contributed by atoms with Crippen LogP contribution in [0.2, 0.25) is 0 Å². The largest absolute Gasteiger partial charge is 0.438 e. The maximum absolute atomic E-state index is 12.0. The first-order valence-electron chi connectivity index (χ1n) is 7.94. The van der Waals surface area contributed by atoms with Gasteiger partial charge in [-0.2, -0.15) is 4.68 Å². The van der Waals surface area contributed by atoms with Crippen LogP contribution in [0.25, 0.3) is 10.8 Å². The van der Waals surface area contributed by atoms with Crippen molar-refractivity contribution in [1.82, 2.24) is 14.7 Å². The summed E-state index contributed by atoms with van der Waals surface area (Å²) in [4.78, 5) is 17.5. The van der Waals surface area contributed by atoms with Crippen LogP contribution in [0, 0.1) is 0 Å². The van der Waals surface area contributed by atoms with E-state index in [0.29, 0.717) is 12.6 Å². The fourth-order valence-corrected chi connectivity index (χ4v) is 3.52. The summed E-state index contributed by atoms with van der Waals surface area (Å²) in [6, 6.07) is 14.2. The topological polar surface area (TPSA) is 54.5 Å². The van der Waals surface area contributed by atoms with Crippen LogP contribution in [-0.2, 0) is 6.67 Å². The van der Waals surface area contributed by atoms with Crippen LogP contribution in [-0.4, -0.2) is 40.9 Å². The fourth-order valence-electron chi connectivity index (χ4n) is 2.87. The normalized spacial score (nSPS) is 15.8. The van der Waals surface area contributed by atoms with E-state index in [1.54, 1.807) is 0 Å². The summed E-state index contributed by atoms with van der Waals surface area (Å²) >= 11 is 1.51. The highest BCUT2D eigenvalue weighted by molar-refractivity contribution is 7.13. The summed E-state index contributed by atoms with van der Waals surface area (Å²) in [5.41, 5.74) is 1.25. The molecule has 7 heteroatoms. The molecule has 1 aromatic carbocycles. The molecular formula is C17H18N4O2S. The van der Waals surface area contributed by atoms with E-state index in [0.717, 1.165) is 31.1 Å². The minimum absolute atomic E-state index is 0.399. The molecule has 0 spiro atoms. The van der Waals surface area contributed by atoms with E-state index >= 15 is 0 Å². The summed E-state index contributed by atoms with van der Waals surface area (Å²) in [5, 5.41) is 6.26. The first-order valence-corrected chi connectivity index (χ1v) is 8.82. The molecule has 3 heterocycles. The molecule has 24 heavy (non-hydrogen) atoms. The molecule has 4 rings (SSSR count). The van der Waals surface area contributed by atoms with E-state index in [1.165, 1.54) is 21.7 Å². The first-order chi connectivity index (χ1) is 11.8. The predicted molar refractivity (Wildman–Crippen MR) is 94.3 cm³/mol. The van der Waals surface area contributed by atoms with Crippen molar-refractivity contribution in [3.05, 3.63) is 58.4 Å². The third-order valence-electron chi connectivity index (χ3n) is 4.17. The summed E-state index contributed by atoms with van der Waals surface area (Å²) in [6.07, 6.45) is 0. The van der Waals surface area contributed by atoms with Crippen LogP contribution in [0.5, 0.6) is 0 Å². The molecule has 0 radical (unpaired) electrons. The van der Waals surface area contributed by atoms with Crippen molar-refractivity contribution in [3.8, 4) is 10.8 Å². The molecule has 0 bridgehead atoms. The lowest BCUT2D eigenvalue weighted by molar-refractivity contribution is 0.189. The maximum atomic E-state index is 12.0. The fraction of sp³-hybridized carbons (Fsp3) is 0.294. The number of anilines is 1. The number of thiophene rings is 1. The van der Waals surface area contributed by atoms with Gasteiger partial charge in [-0.25, -0.2) is 4.79 Å². The average Bonchev–Trinajstić information content (AvgIpc) is 3.27. The van der Waals surface area contributed by atoms with Crippen LogP contribution < -0.4 is 10.7 Å². The zero-order valence-corrected chi connectivity index (χ0v) is 14.0. The molecule has 1 fully saturated rings. The van der Waals surface area contributed by atoms with E-state index in [1.807, 2.05) is 23.6 Å². The molecule has 0 atom stereocenters. The highest BCUT2D eigenvalue weighted by Gasteiger charge is 2.19. The molecule has 6 nitrogen and oxygen atoms in total. The Morgan fingerprint density at radius 2 is 1.83 bits per heavy atom. The van der Waals surface area contributed by atoms with E-state index < -0.39 is 5.76 Å². The quantitative estimate of drug-likeness (QED) is 0.728. The second-order valence-corrected chi connectivity index (χ2v) is 6.68. The zero-order chi connectivity index (χ0) is 16.4.